The zero-order valence-electron chi connectivity index (χ0n) is 16.3. The maximum absolute atomic E-state index is 12.4. The Balaban J connectivity index is 1.37. The van der Waals surface area contributed by atoms with Crippen LogP contribution in [0.3, 0.4) is 0 Å². The number of aryl methyl sites for hydroxylation is 1. The highest BCUT2D eigenvalue weighted by atomic mass is 16.5. The average molecular weight is 400 g/mol. The molecule has 2 aromatic heterocycles. The number of carbonyl (C=O) groups excluding carboxylic acids is 2. The molecule has 30 heavy (non-hydrogen) atoms. The molecule has 0 bridgehead atoms. The largest absolute Gasteiger partial charge is 0.487 e. The van der Waals surface area contributed by atoms with Crippen molar-refractivity contribution in [2.75, 3.05) is 5.32 Å². The first kappa shape index (κ1) is 19.2. The highest BCUT2D eigenvalue weighted by Gasteiger charge is 2.08. The van der Waals surface area contributed by atoms with Gasteiger partial charge in [-0.05, 0) is 67.1 Å². The molecule has 0 aliphatic carbocycles. The molecule has 2 amide bonds. The molecule has 4 rings (SSSR count). The SMILES string of the molecule is Cc1cccn2cc(COc3ccc(C(=O)Nc4ccc(C(N)=O)cc4)cc3)nc12. The average Bonchev–Trinajstić information content (AvgIpc) is 3.17. The quantitative estimate of drug-likeness (QED) is 0.517. The number of nitrogens with one attached hydrogen (secondary N) is 1. The van der Waals surface area contributed by atoms with Crippen LogP contribution in [0.4, 0.5) is 5.69 Å². The summed E-state index contributed by atoms with van der Waals surface area (Å²) in [6, 6.07) is 17.3. The lowest BCUT2D eigenvalue weighted by atomic mass is 10.1. The van der Waals surface area contributed by atoms with E-state index in [-0.39, 0.29) is 5.91 Å². The third-order valence-electron chi connectivity index (χ3n) is 4.66. The van der Waals surface area contributed by atoms with Gasteiger partial charge in [-0.3, -0.25) is 9.59 Å². The van der Waals surface area contributed by atoms with Gasteiger partial charge in [0.25, 0.3) is 5.91 Å². The smallest absolute Gasteiger partial charge is 0.255 e. The van der Waals surface area contributed by atoms with Crippen molar-refractivity contribution in [3.63, 3.8) is 0 Å². The fourth-order valence-corrected chi connectivity index (χ4v) is 3.05. The molecule has 7 nitrogen and oxygen atoms in total. The highest BCUT2D eigenvalue weighted by molar-refractivity contribution is 6.04. The van der Waals surface area contributed by atoms with Crippen molar-refractivity contribution >= 4 is 23.1 Å². The molecule has 2 aromatic carbocycles. The fourth-order valence-electron chi connectivity index (χ4n) is 3.05. The number of fused-ring (bicyclic) bond motifs is 1. The van der Waals surface area contributed by atoms with Gasteiger partial charge in [0.15, 0.2) is 0 Å². The van der Waals surface area contributed by atoms with E-state index >= 15 is 0 Å². The molecule has 0 radical (unpaired) electrons. The van der Waals surface area contributed by atoms with E-state index in [1.165, 1.54) is 0 Å². The lowest BCUT2D eigenvalue weighted by Crippen LogP contribution is -2.13. The van der Waals surface area contributed by atoms with Crippen molar-refractivity contribution < 1.29 is 14.3 Å². The van der Waals surface area contributed by atoms with E-state index < -0.39 is 5.91 Å². The van der Waals surface area contributed by atoms with Crippen molar-refractivity contribution in [2.24, 2.45) is 5.73 Å². The van der Waals surface area contributed by atoms with Crippen LogP contribution in [0.2, 0.25) is 0 Å². The van der Waals surface area contributed by atoms with Crippen LogP contribution < -0.4 is 15.8 Å². The molecular formula is C23H20N4O3. The van der Waals surface area contributed by atoms with Crippen molar-refractivity contribution in [3.8, 4) is 5.75 Å². The van der Waals surface area contributed by atoms with Gasteiger partial charge in [-0.25, -0.2) is 4.98 Å². The molecule has 2 heterocycles. The summed E-state index contributed by atoms with van der Waals surface area (Å²) < 4.78 is 7.77. The predicted molar refractivity (Wildman–Crippen MR) is 114 cm³/mol. The molecule has 7 heteroatoms. The van der Waals surface area contributed by atoms with Crippen molar-refractivity contribution in [3.05, 3.63) is 95.4 Å². The number of primary amides is 1. The first-order valence-electron chi connectivity index (χ1n) is 9.37. The molecule has 3 N–H and O–H groups in total. The molecule has 150 valence electrons. The highest BCUT2D eigenvalue weighted by Crippen LogP contribution is 2.17. The monoisotopic (exact) mass is 400 g/mol. The topological polar surface area (TPSA) is 98.7 Å². The Bertz CT molecular complexity index is 1210. The van der Waals surface area contributed by atoms with Gasteiger partial charge in [0.2, 0.25) is 5.91 Å². The Hall–Kier alpha value is -4.13. The zero-order valence-corrected chi connectivity index (χ0v) is 16.3. The summed E-state index contributed by atoms with van der Waals surface area (Å²) in [6.45, 7) is 2.35. The second kappa shape index (κ2) is 8.08. The van der Waals surface area contributed by atoms with Gasteiger partial charge >= 0.3 is 0 Å². The molecule has 0 atom stereocenters. The number of anilines is 1. The summed E-state index contributed by atoms with van der Waals surface area (Å²) >= 11 is 0. The number of carbonyl (C=O) groups is 2. The summed E-state index contributed by atoms with van der Waals surface area (Å²) in [6.07, 6.45) is 3.89. The Morgan fingerprint density at radius 1 is 1.03 bits per heavy atom. The number of nitrogens with zero attached hydrogens (tertiary/aromatic N) is 2. The molecule has 0 saturated carbocycles. The van der Waals surface area contributed by atoms with E-state index in [9.17, 15) is 9.59 Å². The molecule has 4 aromatic rings. The Kier molecular flexibility index (Phi) is 5.17. The van der Waals surface area contributed by atoms with E-state index in [1.807, 2.05) is 35.9 Å². The van der Waals surface area contributed by atoms with Crippen molar-refractivity contribution in [1.29, 1.82) is 0 Å². The van der Waals surface area contributed by atoms with E-state index in [4.69, 9.17) is 10.5 Å². The third-order valence-corrected chi connectivity index (χ3v) is 4.66. The maximum atomic E-state index is 12.4. The number of rotatable bonds is 6. The Morgan fingerprint density at radius 3 is 2.40 bits per heavy atom. The van der Waals surface area contributed by atoms with Crippen LogP contribution in [-0.2, 0) is 6.61 Å². The van der Waals surface area contributed by atoms with Crippen molar-refractivity contribution in [2.45, 2.75) is 13.5 Å². The van der Waals surface area contributed by atoms with Gasteiger partial charge in [0, 0.05) is 29.2 Å². The zero-order chi connectivity index (χ0) is 21.1. The summed E-state index contributed by atoms with van der Waals surface area (Å²) in [5.74, 6) is -0.127. The van der Waals surface area contributed by atoms with Gasteiger partial charge in [-0.2, -0.15) is 0 Å². The van der Waals surface area contributed by atoms with Gasteiger partial charge in [-0.15, -0.1) is 0 Å². The number of benzene rings is 2. The lowest BCUT2D eigenvalue weighted by Gasteiger charge is -2.07. The summed E-state index contributed by atoms with van der Waals surface area (Å²) in [7, 11) is 0. The van der Waals surface area contributed by atoms with Gasteiger partial charge < -0.3 is 20.2 Å². The number of nitrogens with two attached hydrogens (primary N) is 1. The predicted octanol–water partition coefficient (Wildman–Crippen LogP) is 3.57. The summed E-state index contributed by atoms with van der Waals surface area (Å²) in [5, 5.41) is 2.78. The van der Waals surface area contributed by atoms with Crippen LogP contribution in [-0.4, -0.2) is 21.2 Å². The molecular weight excluding hydrogens is 380 g/mol. The van der Waals surface area contributed by atoms with Crippen molar-refractivity contribution in [1.82, 2.24) is 9.38 Å². The molecule has 0 aliphatic heterocycles. The Labute approximate surface area is 173 Å². The first-order valence-corrected chi connectivity index (χ1v) is 9.37. The minimum Gasteiger partial charge on any atom is -0.487 e. The lowest BCUT2D eigenvalue weighted by molar-refractivity contribution is 0.0998. The van der Waals surface area contributed by atoms with Gasteiger partial charge in [-0.1, -0.05) is 6.07 Å². The minimum absolute atomic E-state index is 0.260. The fraction of sp³-hybridized carbons (Fsp3) is 0.0870. The van der Waals surface area contributed by atoms with Crippen LogP contribution in [0.1, 0.15) is 32.0 Å². The number of pyridine rings is 1. The van der Waals surface area contributed by atoms with Crippen LogP contribution in [0.15, 0.2) is 73.1 Å². The second-order valence-electron chi connectivity index (χ2n) is 6.86. The number of amides is 2. The maximum Gasteiger partial charge on any atom is 0.255 e. The van der Waals surface area contributed by atoms with Gasteiger partial charge in [0.1, 0.15) is 18.0 Å². The van der Waals surface area contributed by atoms with E-state index in [1.54, 1.807) is 48.5 Å². The van der Waals surface area contributed by atoms with Crippen LogP contribution >= 0.6 is 0 Å². The number of hydrogen-bond acceptors (Lipinski definition) is 4. The second-order valence-corrected chi connectivity index (χ2v) is 6.86. The van der Waals surface area contributed by atoms with E-state index in [0.717, 1.165) is 16.9 Å². The number of imidazole rings is 1. The number of ether oxygens (including phenoxy) is 1. The number of aromatic nitrogens is 2. The standard InChI is InChI=1S/C23H20N4O3/c1-15-3-2-12-27-13-19(25-22(15)27)14-30-20-10-6-17(7-11-20)23(29)26-18-8-4-16(5-9-18)21(24)28/h2-13H,14H2,1H3,(H2,24,28)(H,26,29). The molecule has 0 unspecified atom stereocenters. The van der Waals surface area contributed by atoms with Crippen LogP contribution in [0, 0.1) is 6.92 Å². The van der Waals surface area contributed by atoms with Gasteiger partial charge in [0.05, 0.1) is 5.69 Å². The molecule has 0 spiro atoms. The summed E-state index contributed by atoms with van der Waals surface area (Å²) in [4.78, 5) is 28.1. The summed E-state index contributed by atoms with van der Waals surface area (Å²) in [5.41, 5.74) is 9.50. The van der Waals surface area contributed by atoms with Crippen LogP contribution in [0.25, 0.3) is 5.65 Å². The molecule has 0 aliphatic rings. The first-order chi connectivity index (χ1) is 14.5. The molecule has 0 saturated heterocycles. The Morgan fingerprint density at radius 2 is 1.73 bits per heavy atom. The third kappa shape index (κ3) is 4.15. The van der Waals surface area contributed by atoms with E-state index in [2.05, 4.69) is 10.3 Å². The minimum atomic E-state index is -0.512. The number of hydrogen-bond donors (Lipinski definition) is 2. The normalized spacial score (nSPS) is 10.7. The molecule has 0 fully saturated rings. The van der Waals surface area contributed by atoms with Crippen LogP contribution in [0.5, 0.6) is 5.75 Å². The van der Waals surface area contributed by atoms with E-state index in [0.29, 0.717) is 29.2 Å².